The first-order valence-electron chi connectivity index (χ1n) is 5.18. The largest absolute Gasteiger partial charge is 0.416 e. The van der Waals surface area contributed by atoms with Crippen molar-refractivity contribution < 1.29 is 13.2 Å². The molecule has 102 valence electrons. The lowest BCUT2D eigenvalue weighted by atomic mass is 10.2. The maximum absolute atomic E-state index is 12.5. The van der Waals surface area contributed by atoms with Crippen molar-refractivity contribution >= 4 is 44.7 Å². The van der Waals surface area contributed by atoms with Crippen molar-refractivity contribution in [3.8, 4) is 0 Å². The Hall–Kier alpha value is -0.660. The van der Waals surface area contributed by atoms with Gasteiger partial charge in [0.05, 0.1) is 5.56 Å². The van der Waals surface area contributed by atoms with Gasteiger partial charge in [-0.2, -0.15) is 13.2 Å². The second-order valence-corrected chi connectivity index (χ2v) is 6.70. The molecule has 19 heavy (non-hydrogen) atoms. The molecule has 0 fully saturated rings. The van der Waals surface area contributed by atoms with Crippen molar-refractivity contribution in [2.45, 2.75) is 16.8 Å². The number of thiophene rings is 1. The zero-order valence-corrected chi connectivity index (χ0v) is 12.7. The summed E-state index contributed by atoms with van der Waals surface area (Å²) >= 11 is 6.38. The monoisotopic (exact) mass is 367 g/mol. The van der Waals surface area contributed by atoms with Crippen LogP contribution < -0.4 is 5.73 Å². The number of thioether (sulfide) groups is 1. The van der Waals surface area contributed by atoms with Crippen LogP contribution in [0, 0.1) is 0 Å². The molecule has 0 saturated carbocycles. The number of benzene rings is 1. The number of hydrogen-bond acceptors (Lipinski definition) is 3. The molecule has 1 nitrogen and oxygen atoms in total. The predicted molar refractivity (Wildman–Crippen MR) is 77.4 cm³/mol. The van der Waals surface area contributed by atoms with Gasteiger partial charge in [0.15, 0.2) is 0 Å². The second kappa shape index (κ2) is 5.76. The first kappa shape index (κ1) is 14.7. The summed E-state index contributed by atoms with van der Waals surface area (Å²) < 4.78 is 38.5. The Bertz CT molecular complexity index is 581. The molecular weight excluding hydrogens is 359 g/mol. The average molecular weight is 368 g/mol. The van der Waals surface area contributed by atoms with Gasteiger partial charge >= 0.3 is 6.18 Å². The van der Waals surface area contributed by atoms with Gasteiger partial charge in [-0.05, 0) is 40.2 Å². The molecular formula is C12H9BrF3NS2. The highest BCUT2D eigenvalue weighted by Crippen LogP contribution is 2.36. The average Bonchev–Trinajstić information content (AvgIpc) is 2.72. The molecule has 0 aliphatic rings. The Labute approximate surface area is 125 Å². The fourth-order valence-electron chi connectivity index (χ4n) is 1.43. The number of hydrogen-bond donors (Lipinski definition) is 1. The Kier molecular flexibility index (Phi) is 4.47. The summed E-state index contributed by atoms with van der Waals surface area (Å²) in [5.41, 5.74) is 5.11. The molecule has 0 spiro atoms. The maximum Gasteiger partial charge on any atom is 0.416 e. The quantitative estimate of drug-likeness (QED) is 0.580. The van der Waals surface area contributed by atoms with E-state index in [1.165, 1.54) is 17.8 Å². The molecule has 1 aromatic heterocycles. The molecule has 0 atom stereocenters. The van der Waals surface area contributed by atoms with E-state index in [1.807, 2.05) is 11.4 Å². The Morgan fingerprint density at radius 2 is 2.00 bits per heavy atom. The molecule has 0 saturated heterocycles. The first-order valence-corrected chi connectivity index (χ1v) is 7.84. The van der Waals surface area contributed by atoms with Crippen LogP contribution in [0.3, 0.4) is 0 Å². The van der Waals surface area contributed by atoms with Gasteiger partial charge in [-0.25, -0.2) is 0 Å². The van der Waals surface area contributed by atoms with Gasteiger partial charge < -0.3 is 5.73 Å². The lowest BCUT2D eigenvalue weighted by Crippen LogP contribution is -2.05. The lowest BCUT2D eigenvalue weighted by molar-refractivity contribution is -0.137. The number of anilines is 1. The van der Waals surface area contributed by atoms with E-state index in [4.69, 9.17) is 5.73 Å². The molecule has 0 aliphatic heterocycles. The van der Waals surface area contributed by atoms with Gasteiger partial charge in [-0.3, -0.25) is 0 Å². The molecule has 2 N–H and O–H groups in total. The van der Waals surface area contributed by atoms with Crippen LogP contribution >= 0.6 is 39.0 Å². The summed E-state index contributed by atoms with van der Waals surface area (Å²) in [5.74, 6) is 0.686. The van der Waals surface area contributed by atoms with Gasteiger partial charge in [0.1, 0.15) is 0 Å². The van der Waals surface area contributed by atoms with Crippen LogP contribution in [-0.2, 0) is 11.9 Å². The third-order valence-corrected chi connectivity index (χ3v) is 5.35. The van der Waals surface area contributed by atoms with Crippen LogP contribution in [0.2, 0.25) is 0 Å². The summed E-state index contributed by atoms with van der Waals surface area (Å²) in [6, 6.07) is 5.44. The van der Waals surface area contributed by atoms with Crippen LogP contribution in [0.25, 0.3) is 0 Å². The van der Waals surface area contributed by atoms with Crippen molar-refractivity contribution in [2.24, 2.45) is 0 Å². The lowest BCUT2D eigenvalue weighted by Gasteiger charge is -2.10. The van der Waals surface area contributed by atoms with E-state index in [-0.39, 0.29) is 5.69 Å². The van der Waals surface area contributed by atoms with Crippen LogP contribution in [0.5, 0.6) is 0 Å². The summed E-state index contributed by atoms with van der Waals surface area (Å²) in [7, 11) is 0. The molecule has 1 heterocycles. The zero-order chi connectivity index (χ0) is 14.0. The fourth-order valence-corrected chi connectivity index (χ4v) is 3.89. The highest BCUT2D eigenvalue weighted by atomic mass is 79.9. The minimum absolute atomic E-state index is 0.162. The van der Waals surface area contributed by atoms with Gasteiger partial charge in [-0.1, -0.05) is 0 Å². The molecule has 0 radical (unpaired) electrons. The Morgan fingerprint density at radius 3 is 2.53 bits per heavy atom. The fraction of sp³-hybridized carbons (Fsp3) is 0.167. The van der Waals surface area contributed by atoms with Crippen LogP contribution in [0.1, 0.15) is 10.4 Å². The van der Waals surface area contributed by atoms with Gasteiger partial charge in [0.2, 0.25) is 0 Å². The van der Waals surface area contributed by atoms with E-state index in [1.54, 1.807) is 11.3 Å². The van der Waals surface area contributed by atoms with E-state index in [2.05, 4.69) is 15.9 Å². The van der Waals surface area contributed by atoms with E-state index in [9.17, 15) is 13.2 Å². The normalized spacial score (nSPS) is 11.8. The topological polar surface area (TPSA) is 26.0 Å². The molecule has 0 aliphatic carbocycles. The number of nitrogens with two attached hydrogens (primary N) is 1. The van der Waals surface area contributed by atoms with E-state index in [0.29, 0.717) is 10.6 Å². The summed E-state index contributed by atoms with van der Waals surface area (Å²) in [6.07, 6.45) is -4.35. The summed E-state index contributed by atoms with van der Waals surface area (Å²) in [6.45, 7) is 0. The molecule has 2 rings (SSSR count). The zero-order valence-electron chi connectivity index (χ0n) is 9.50. The highest BCUT2D eigenvalue weighted by molar-refractivity contribution is 9.10. The molecule has 0 bridgehead atoms. The molecule has 0 unspecified atom stereocenters. The molecule has 0 amide bonds. The van der Waals surface area contributed by atoms with E-state index in [0.717, 1.165) is 21.5 Å². The molecule has 7 heteroatoms. The Balaban J connectivity index is 2.09. The SMILES string of the molecule is Nc1cc(C(F)(F)F)ccc1SCc1cc(Br)cs1. The third-order valence-electron chi connectivity index (χ3n) is 2.33. The van der Waals surface area contributed by atoms with Gasteiger partial charge in [0, 0.05) is 31.1 Å². The highest BCUT2D eigenvalue weighted by Gasteiger charge is 2.30. The number of alkyl halides is 3. The van der Waals surface area contributed by atoms with Crippen LogP contribution in [0.4, 0.5) is 18.9 Å². The smallest absolute Gasteiger partial charge is 0.398 e. The first-order chi connectivity index (χ1) is 8.86. The van der Waals surface area contributed by atoms with Crippen molar-refractivity contribution in [1.82, 2.24) is 0 Å². The summed E-state index contributed by atoms with van der Waals surface area (Å²) in [5, 5.41) is 1.96. The van der Waals surface area contributed by atoms with Gasteiger partial charge in [0.25, 0.3) is 0 Å². The van der Waals surface area contributed by atoms with Crippen LogP contribution in [-0.4, -0.2) is 0 Å². The summed E-state index contributed by atoms with van der Waals surface area (Å²) in [4.78, 5) is 1.80. The molecule has 2 aromatic rings. The van der Waals surface area contributed by atoms with Crippen LogP contribution in [0.15, 0.2) is 39.0 Å². The number of nitrogen functional groups attached to an aromatic ring is 1. The maximum atomic E-state index is 12.5. The third kappa shape index (κ3) is 3.90. The van der Waals surface area contributed by atoms with Crippen molar-refractivity contribution in [1.29, 1.82) is 0 Å². The predicted octanol–water partition coefficient (Wildman–Crippen LogP) is 5.40. The molecule has 1 aromatic carbocycles. The second-order valence-electron chi connectivity index (χ2n) is 3.77. The van der Waals surface area contributed by atoms with Gasteiger partial charge in [-0.15, -0.1) is 23.1 Å². The van der Waals surface area contributed by atoms with E-state index >= 15 is 0 Å². The van der Waals surface area contributed by atoms with E-state index < -0.39 is 11.7 Å². The minimum Gasteiger partial charge on any atom is -0.398 e. The number of halogens is 4. The van der Waals surface area contributed by atoms with Crippen molar-refractivity contribution in [2.75, 3.05) is 5.73 Å². The van der Waals surface area contributed by atoms with Crippen molar-refractivity contribution in [3.63, 3.8) is 0 Å². The standard InChI is InChI=1S/C12H9BrF3NS2/c13-8-4-9(18-5-8)6-19-11-2-1-7(3-10(11)17)12(14,15)16/h1-5H,6,17H2. The van der Waals surface area contributed by atoms with Crippen molar-refractivity contribution in [3.05, 3.63) is 44.6 Å². The minimum atomic E-state index is -4.35. The Morgan fingerprint density at radius 1 is 1.26 bits per heavy atom. The number of rotatable bonds is 3.